The maximum Gasteiger partial charge on any atom is 0.189 e. The van der Waals surface area contributed by atoms with E-state index in [2.05, 4.69) is 90.8 Å². The maximum absolute atomic E-state index is 12.2. The summed E-state index contributed by atoms with van der Waals surface area (Å²) in [6, 6.07) is 1.62. The van der Waals surface area contributed by atoms with Crippen LogP contribution < -0.4 is 5.32 Å². The molecule has 222 valence electrons. The highest BCUT2D eigenvalue weighted by Crippen LogP contribution is 2.50. The zero-order chi connectivity index (χ0) is 28.4. The number of rotatable bonds is 23. The second kappa shape index (κ2) is 21.1. The topological polar surface area (TPSA) is 54.0 Å². The molecule has 0 unspecified atom stereocenters. The molecular weight excluding hydrogens is 501 g/mol. The summed E-state index contributed by atoms with van der Waals surface area (Å²) in [5.74, 6) is 0.718. The molecule has 0 aliphatic rings. The molecule has 0 spiro atoms. The number of thioether (sulfide) groups is 1. The fraction of sp³-hybridized carbons (Fsp3) is 0.966. The predicted molar refractivity (Wildman–Crippen MR) is 165 cm³/mol. The summed E-state index contributed by atoms with van der Waals surface area (Å²) in [4.78, 5) is 12.2. The number of hydrogen-bond acceptors (Lipinski definition) is 7. The normalized spacial score (nSPS) is 13.0. The Balaban J connectivity index is 4.23. The van der Waals surface area contributed by atoms with Crippen LogP contribution in [0.4, 0.5) is 0 Å². The standard InChI is InChI=1S/C29H62N3O3PS/c1-12-29(13-2,14-3)30-19-17-15-16-18-28(33)37-23-22-34-20-21-35-36(31(24(4)5)25(6)7)32(26(8)9)27(10)11/h24-27,30H,12-23H2,1-11H3. The van der Waals surface area contributed by atoms with Gasteiger partial charge in [0.05, 0.1) is 19.8 Å². The molecule has 0 rings (SSSR count). The molecule has 37 heavy (non-hydrogen) atoms. The van der Waals surface area contributed by atoms with Gasteiger partial charge in [-0.2, -0.15) is 0 Å². The summed E-state index contributed by atoms with van der Waals surface area (Å²) in [6.07, 6.45) is 7.42. The first kappa shape index (κ1) is 37.2. The van der Waals surface area contributed by atoms with Crippen LogP contribution >= 0.6 is 20.2 Å². The molecule has 0 aliphatic carbocycles. The van der Waals surface area contributed by atoms with Gasteiger partial charge in [0.2, 0.25) is 0 Å². The molecule has 0 aromatic heterocycles. The second-order valence-corrected chi connectivity index (χ2v) is 14.0. The van der Waals surface area contributed by atoms with Crippen molar-refractivity contribution in [3.8, 4) is 0 Å². The fourth-order valence-electron chi connectivity index (χ4n) is 4.85. The highest BCUT2D eigenvalue weighted by molar-refractivity contribution is 8.13. The van der Waals surface area contributed by atoms with Crippen molar-refractivity contribution in [2.75, 3.05) is 32.1 Å². The van der Waals surface area contributed by atoms with Gasteiger partial charge in [-0.3, -0.25) is 4.79 Å². The van der Waals surface area contributed by atoms with E-state index in [0.717, 1.165) is 31.6 Å². The summed E-state index contributed by atoms with van der Waals surface area (Å²) >= 11 is 1.41. The Labute approximate surface area is 236 Å². The maximum atomic E-state index is 12.2. The van der Waals surface area contributed by atoms with Gasteiger partial charge in [0.25, 0.3) is 0 Å². The predicted octanol–water partition coefficient (Wildman–Crippen LogP) is 7.86. The minimum Gasteiger partial charge on any atom is -0.378 e. The first-order chi connectivity index (χ1) is 17.5. The number of hydrogen-bond donors (Lipinski definition) is 1. The number of carbonyl (C=O) groups excluding carboxylic acids is 1. The molecule has 8 heteroatoms. The first-order valence-electron chi connectivity index (χ1n) is 14.9. The molecule has 0 saturated heterocycles. The van der Waals surface area contributed by atoms with Gasteiger partial charge in [0.15, 0.2) is 13.6 Å². The van der Waals surface area contributed by atoms with Crippen molar-refractivity contribution in [1.29, 1.82) is 0 Å². The summed E-state index contributed by atoms with van der Waals surface area (Å²) < 4.78 is 17.3. The Hall–Kier alpha value is 0.250. The molecule has 0 aliphatic heterocycles. The Morgan fingerprint density at radius 1 is 0.784 bits per heavy atom. The number of ether oxygens (including phenoxy) is 1. The van der Waals surface area contributed by atoms with E-state index in [-0.39, 0.29) is 5.12 Å². The van der Waals surface area contributed by atoms with Gasteiger partial charge in [-0.15, -0.1) is 0 Å². The van der Waals surface area contributed by atoms with Crippen LogP contribution in [-0.2, 0) is 14.1 Å². The summed E-state index contributed by atoms with van der Waals surface area (Å²) in [5.41, 5.74) is 0.295. The Morgan fingerprint density at radius 3 is 1.76 bits per heavy atom. The smallest absolute Gasteiger partial charge is 0.189 e. The van der Waals surface area contributed by atoms with Gasteiger partial charge in [-0.05, 0) is 94.0 Å². The third-order valence-corrected chi connectivity index (χ3v) is 11.0. The highest BCUT2D eigenvalue weighted by atomic mass is 32.2. The molecule has 0 saturated carbocycles. The lowest BCUT2D eigenvalue weighted by Crippen LogP contribution is -2.44. The molecule has 0 amide bonds. The zero-order valence-electron chi connectivity index (χ0n) is 26.3. The van der Waals surface area contributed by atoms with E-state index >= 15 is 0 Å². The van der Waals surface area contributed by atoms with Crippen molar-refractivity contribution in [3.63, 3.8) is 0 Å². The molecule has 0 aromatic carbocycles. The first-order valence-corrected chi connectivity index (χ1v) is 17.1. The van der Waals surface area contributed by atoms with Gasteiger partial charge in [-0.25, -0.2) is 9.34 Å². The lowest BCUT2D eigenvalue weighted by atomic mass is 9.89. The lowest BCUT2D eigenvalue weighted by Gasteiger charge is -2.45. The number of nitrogens with zero attached hydrogens (tertiary/aromatic N) is 2. The minimum atomic E-state index is -0.879. The molecular formula is C29H62N3O3PS. The zero-order valence-corrected chi connectivity index (χ0v) is 28.0. The molecule has 0 aromatic rings. The van der Waals surface area contributed by atoms with Crippen LogP contribution in [0.1, 0.15) is 121 Å². The quantitative estimate of drug-likeness (QED) is 0.100. The van der Waals surface area contributed by atoms with Crippen LogP contribution in [0.25, 0.3) is 0 Å². The molecule has 0 heterocycles. The van der Waals surface area contributed by atoms with E-state index in [0.29, 0.717) is 55.9 Å². The van der Waals surface area contributed by atoms with Gasteiger partial charge in [0.1, 0.15) is 0 Å². The summed E-state index contributed by atoms with van der Waals surface area (Å²) in [5, 5.41) is 4.04. The van der Waals surface area contributed by atoms with Crippen LogP contribution in [-0.4, -0.2) is 76.3 Å². The van der Waals surface area contributed by atoms with Crippen molar-refractivity contribution in [2.24, 2.45) is 0 Å². The van der Waals surface area contributed by atoms with E-state index in [9.17, 15) is 4.79 Å². The average molecular weight is 564 g/mol. The third-order valence-electron chi connectivity index (χ3n) is 7.02. The Kier molecular flexibility index (Phi) is 21.2. The number of carbonyl (C=O) groups is 1. The van der Waals surface area contributed by atoms with E-state index in [1.54, 1.807) is 0 Å². The van der Waals surface area contributed by atoms with Crippen molar-refractivity contribution in [1.82, 2.24) is 14.7 Å². The van der Waals surface area contributed by atoms with Gasteiger partial charge in [-0.1, -0.05) is 39.0 Å². The van der Waals surface area contributed by atoms with E-state index < -0.39 is 8.45 Å². The molecule has 0 fully saturated rings. The van der Waals surface area contributed by atoms with E-state index in [4.69, 9.17) is 9.26 Å². The van der Waals surface area contributed by atoms with Crippen LogP contribution in [0.15, 0.2) is 0 Å². The van der Waals surface area contributed by atoms with Crippen molar-refractivity contribution >= 4 is 25.3 Å². The Morgan fingerprint density at radius 2 is 1.30 bits per heavy atom. The van der Waals surface area contributed by atoms with E-state index in [1.165, 1.54) is 31.0 Å². The van der Waals surface area contributed by atoms with E-state index in [1.807, 2.05) is 0 Å². The molecule has 6 nitrogen and oxygen atoms in total. The summed E-state index contributed by atoms with van der Waals surface area (Å²) in [7, 11) is -0.879. The molecule has 0 atom stereocenters. The van der Waals surface area contributed by atoms with Crippen LogP contribution in [0.5, 0.6) is 0 Å². The van der Waals surface area contributed by atoms with Crippen LogP contribution in [0.2, 0.25) is 0 Å². The average Bonchev–Trinajstić information content (AvgIpc) is 2.82. The Bertz CT molecular complexity index is 530. The van der Waals surface area contributed by atoms with Crippen molar-refractivity contribution < 1.29 is 14.1 Å². The van der Waals surface area contributed by atoms with Crippen molar-refractivity contribution in [3.05, 3.63) is 0 Å². The largest absolute Gasteiger partial charge is 0.378 e. The summed E-state index contributed by atoms with van der Waals surface area (Å²) in [6.45, 7) is 27.5. The van der Waals surface area contributed by atoms with Crippen LogP contribution in [0, 0.1) is 0 Å². The highest BCUT2D eigenvalue weighted by Gasteiger charge is 2.34. The SMILES string of the molecule is CCC(CC)(CC)NCCCCCC(=O)SCCOCCOP(N(C(C)C)C(C)C)N(C(C)C)C(C)C. The molecule has 0 bridgehead atoms. The number of nitrogens with one attached hydrogen (secondary N) is 1. The van der Waals surface area contributed by atoms with Gasteiger partial charge < -0.3 is 14.6 Å². The van der Waals surface area contributed by atoms with Crippen LogP contribution in [0.3, 0.4) is 0 Å². The minimum absolute atomic E-state index is 0.287. The lowest BCUT2D eigenvalue weighted by molar-refractivity contribution is -0.111. The van der Waals surface area contributed by atoms with Gasteiger partial charge >= 0.3 is 0 Å². The fourth-order valence-corrected chi connectivity index (χ4v) is 7.89. The van der Waals surface area contributed by atoms with Gasteiger partial charge in [0, 0.05) is 41.9 Å². The molecule has 0 radical (unpaired) electrons. The van der Waals surface area contributed by atoms with Crippen molar-refractivity contribution in [2.45, 2.75) is 151 Å². The monoisotopic (exact) mass is 563 g/mol. The third kappa shape index (κ3) is 15.0. The second-order valence-electron chi connectivity index (χ2n) is 11.1. The molecule has 1 N–H and O–H groups in total. The number of unbranched alkanes of at least 4 members (excludes halogenated alkanes) is 2.